The molecule has 2 aromatic carbocycles. The number of ketones is 1. The highest BCUT2D eigenvalue weighted by Gasteiger charge is 2.11. The van der Waals surface area contributed by atoms with Crippen LogP contribution in [0.4, 0.5) is 10.1 Å². The summed E-state index contributed by atoms with van der Waals surface area (Å²) in [7, 11) is 0. The molecule has 1 amide bonds. The third-order valence-corrected chi connectivity index (χ3v) is 3.29. The molecule has 102 valence electrons. The minimum Gasteiger partial charge on any atom is -0.326 e. The van der Waals surface area contributed by atoms with Crippen molar-refractivity contribution < 1.29 is 14.0 Å². The van der Waals surface area contributed by atoms with Crippen molar-refractivity contribution in [3.8, 4) is 0 Å². The van der Waals surface area contributed by atoms with Gasteiger partial charge in [-0.25, -0.2) is 4.39 Å². The molecule has 0 fully saturated rings. The number of anilines is 1. The van der Waals surface area contributed by atoms with E-state index in [1.54, 1.807) is 30.3 Å². The predicted molar refractivity (Wildman–Crippen MR) is 78.3 cm³/mol. The largest absolute Gasteiger partial charge is 0.326 e. The average molecular weight is 336 g/mol. The van der Waals surface area contributed by atoms with Crippen molar-refractivity contribution in [1.29, 1.82) is 0 Å². The molecule has 0 aliphatic carbocycles. The van der Waals surface area contributed by atoms with E-state index in [9.17, 15) is 14.0 Å². The molecule has 0 heterocycles. The average Bonchev–Trinajstić information content (AvgIpc) is 2.41. The Kier molecular flexibility index (Phi) is 4.29. The van der Waals surface area contributed by atoms with Crippen LogP contribution in [0.3, 0.4) is 0 Å². The number of hydrogen-bond donors (Lipinski definition) is 1. The maximum atomic E-state index is 13.4. The van der Waals surface area contributed by atoms with E-state index in [0.717, 1.165) is 0 Å². The zero-order valence-corrected chi connectivity index (χ0v) is 12.2. The molecule has 2 aromatic rings. The van der Waals surface area contributed by atoms with Gasteiger partial charge < -0.3 is 5.32 Å². The van der Waals surface area contributed by atoms with Crippen LogP contribution in [0.5, 0.6) is 0 Å². The zero-order chi connectivity index (χ0) is 14.7. The Morgan fingerprint density at radius 3 is 2.20 bits per heavy atom. The summed E-state index contributed by atoms with van der Waals surface area (Å²) in [5.41, 5.74) is 1.31. The number of halogens is 2. The van der Waals surface area contributed by atoms with Crippen LogP contribution in [-0.2, 0) is 4.79 Å². The van der Waals surface area contributed by atoms with Crippen molar-refractivity contribution in [1.82, 2.24) is 0 Å². The lowest BCUT2D eigenvalue weighted by atomic mass is 10.0. The van der Waals surface area contributed by atoms with Crippen molar-refractivity contribution >= 4 is 33.3 Å². The Morgan fingerprint density at radius 2 is 1.65 bits per heavy atom. The maximum absolute atomic E-state index is 13.4. The number of nitrogens with one attached hydrogen (secondary N) is 1. The van der Waals surface area contributed by atoms with Gasteiger partial charge in [0.2, 0.25) is 5.91 Å². The zero-order valence-electron chi connectivity index (χ0n) is 10.6. The van der Waals surface area contributed by atoms with Gasteiger partial charge in [-0.2, -0.15) is 0 Å². The fraction of sp³-hybridized carbons (Fsp3) is 0.0667. The molecule has 0 radical (unpaired) electrons. The summed E-state index contributed by atoms with van der Waals surface area (Å²) in [5, 5.41) is 2.61. The van der Waals surface area contributed by atoms with Crippen LogP contribution in [0, 0.1) is 5.82 Å². The van der Waals surface area contributed by atoms with Crippen LogP contribution < -0.4 is 5.32 Å². The van der Waals surface area contributed by atoms with E-state index in [2.05, 4.69) is 21.2 Å². The van der Waals surface area contributed by atoms with Gasteiger partial charge in [0.25, 0.3) is 0 Å². The second-order valence-corrected chi connectivity index (χ2v) is 5.07. The second kappa shape index (κ2) is 5.96. The quantitative estimate of drug-likeness (QED) is 0.867. The third kappa shape index (κ3) is 3.30. The lowest BCUT2D eigenvalue weighted by Gasteiger charge is -2.05. The molecule has 3 nitrogen and oxygen atoms in total. The Balaban J connectivity index is 2.24. The molecule has 0 aliphatic heterocycles. The fourth-order valence-corrected chi connectivity index (χ4v) is 1.96. The molecule has 0 atom stereocenters. The Bertz CT molecular complexity index is 668. The Hall–Kier alpha value is -2.01. The molecule has 0 aliphatic rings. The number of carbonyl (C=O) groups excluding carboxylic acids is 2. The van der Waals surface area contributed by atoms with Crippen LogP contribution >= 0.6 is 15.9 Å². The van der Waals surface area contributed by atoms with E-state index in [1.807, 2.05) is 0 Å². The molecule has 5 heteroatoms. The Labute approximate surface area is 123 Å². The first-order valence-corrected chi connectivity index (χ1v) is 6.64. The molecular formula is C15H11BrFNO2. The number of hydrogen-bond acceptors (Lipinski definition) is 2. The van der Waals surface area contributed by atoms with E-state index in [0.29, 0.717) is 15.7 Å². The third-order valence-electron chi connectivity index (χ3n) is 2.65. The van der Waals surface area contributed by atoms with Gasteiger partial charge in [0.15, 0.2) is 5.78 Å². The smallest absolute Gasteiger partial charge is 0.221 e. The summed E-state index contributed by atoms with van der Waals surface area (Å²) in [6, 6.07) is 10.7. The summed E-state index contributed by atoms with van der Waals surface area (Å²) in [5.74, 6) is -0.935. The molecule has 0 bridgehead atoms. The predicted octanol–water partition coefficient (Wildman–Crippen LogP) is 3.78. The summed E-state index contributed by atoms with van der Waals surface area (Å²) >= 11 is 3.04. The monoisotopic (exact) mass is 335 g/mol. The van der Waals surface area contributed by atoms with Crippen molar-refractivity contribution in [2.24, 2.45) is 0 Å². The minimum atomic E-state index is -0.481. The highest BCUT2D eigenvalue weighted by atomic mass is 79.9. The lowest BCUT2D eigenvalue weighted by Crippen LogP contribution is -2.06. The highest BCUT2D eigenvalue weighted by molar-refractivity contribution is 9.10. The van der Waals surface area contributed by atoms with Gasteiger partial charge in [-0.3, -0.25) is 9.59 Å². The van der Waals surface area contributed by atoms with Crippen LogP contribution in [0.1, 0.15) is 22.8 Å². The van der Waals surface area contributed by atoms with Crippen LogP contribution in [-0.4, -0.2) is 11.7 Å². The molecule has 0 spiro atoms. The van der Waals surface area contributed by atoms with Gasteiger partial charge in [0, 0.05) is 23.7 Å². The summed E-state index contributed by atoms with van der Waals surface area (Å²) < 4.78 is 13.7. The summed E-state index contributed by atoms with van der Waals surface area (Å²) in [6.45, 7) is 1.41. The minimum absolute atomic E-state index is 0.181. The first kappa shape index (κ1) is 14.4. The molecule has 2 rings (SSSR count). The number of amides is 1. The first-order valence-electron chi connectivity index (χ1n) is 5.85. The normalized spacial score (nSPS) is 10.2. The Morgan fingerprint density at radius 1 is 1.05 bits per heavy atom. The van der Waals surface area contributed by atoms with Gasteiger partial charge in [-0.15, -0.1) is 0 Å². The van der Waals surface area contributed by atoms with E-state index < -0.39 is 5.82 Å². The fourth-order valence-electron chi connectivity index (χ4n) is 1.71. The van der Waals surface area contributed by atoms with Gasteiger partial charge in [-0.05, 0) is 58.4 Å². The van der Waals surface area contributed by atoms with Crippen molar-refractivity contribution in [3.05, 3.63) is 63.9 Å². The molecule has 1 N–H and O–H groups in total. The topological polar surface area (TPSA) is 46.2 Å². The SMILES string of the molecule is CC(=O)Nc1ccc(C(=O)c2ccc(Br)c(F)c2)cc1. The van der Waals surface area contributed by atoms with Gasteiger partial charge in [0.1, 0.15) is 5.82 Å². The number of benzene rings is 2. The number of rotatable bonds is 3. The maximum Gasteiger partial charge on any atom is 0.221 e. The molecule has 20 heavy (non-hydrogen) atoms. The lowest BCUT2D eigenvalue weighted by molar-refractivity contribution is -0.114. The first-order chi connectivity index (χ1) is 9.47. The molecular weight excluding hydrogens is 325 g/mol. The van der Waals surface area contributed by atoms with Gasteiger partial charge in [0.05, 0.1) is 4.47 Å². The van der Waals surface area contributed by atoms with E-state index in [1.165, 1.54) is 19.1 Å². The van der Waals surface area contributed by atoms with Crippen LogP contribution in [0.15, 0.2) is 46.9 Å². The standard InChI is InChI=1S/C15H11BrFNO2/c1-9(19)18-12-5-2-10(3-6-12)15(20)11-4-7-13(16)14(17)8-11/h2-8H,1H3,(H,18,19). The van der Waals surface area contributed by atoms with Gasteiger partial charge >= 0.3 is 0 Å². The summed E-state index contributed by atoms with van der Waals surface area (Å²) in [6.07, 6.45) is 0. The molecule has 0 saturated heterocycles. The molecule has 0 aromatic heterocycles. The van der Waals surface area contributed by atoms with E-state index in [4.69, 9.17) is 0 Å². The van der Waals surface area contributed by atoms with Crippen LogP contribution in [0.2, 0.25) is 0 Å². The summed E-state index contributed by atoms with van der Waals surface area (Å²) in [4.78, 5) is 23.1. The van der Waals surface area contributed by atoms with E-state index >= 15 is 0 Å². The highest BCUT2D eigenvalue weighted by Crippen LogP contribution is 2.19. The van der Waals surface area contributed by atoms with Crippen LogP contribution in [0.25, 0.3) is 0 Å². The van der Waals surface area contributed by atoms with Crippen molar-refractivity contribution in [2.75, 3.05) is 5.32 Å². The van der Waals surface area contributed by atoms with Crippen molar-refractivity contribution in [3.63, 3.8) is 0 Å². The van der Waals surface area contributed by atoms with Crippen molar-refractivity contribution in [2.45, 2.75) is 6.92 Å². The second-order valence-electron chi connectivity index (χ2n) is 4.22. The number of carbonyl (C=O) groups is 2. The van der Waals surface area contributed by atoms with Gasteiger partial charge in [-0.1, -0.05) is 0 Å². The molecule has 0 saturated carbocycles. The molecule has 0 unspecified atom stereocenters. The van der Waals surface area contributed by atoms with E-state index in [-0.39, 0.29) is 17.3 Å².